The highest BCUT2D eigenvalue weighted by molar-refractivity contribution is 5.98. The first-order chi connectivity index (χ1) is 4.34. The fourth-order valence-electron chi connectivity index (χ4n) is 1.06. The number of rotatable bonds is 1. The summed E-state index contributed by atoms with van der Waals surface area (Å²) in [5.74, 6) is 0. The Morgan fingerprint density at radius 1 is 1.78 bits per heavy atom. The first kappa shape index (κ1) is 6.33. The Morgan fingerprint density at radius 3 is 3.00 bits per heavy atom. The van der Waals surface area contributed by atoms with Crippen LogP contribution in [0.5, 0.6) is 0 Å². The maximum Gasteiger partial charge on any atom is 0.0793 e. The quantitative estimate of drug-likeness (QED) is 0.324. The lowest BCUT2D eigenvalue weighted by Gasteiger charge is -1.94. The first-order valence-corrected chi connectivity index (χ1v) is 3.22. The molecule has 2 heteroatoms. The molecule has 0 spiro atoms. The molecule has 0 unspecified atom stereocenters. The van der Waals surface area contributed by atoms with Crippen molar-refractivity contribution in [2.24, 2.45) is 5.16 Å². The molecule has 1 N–H and O–H groups in total. The van der Waals surface area contributed by atoms with E-state index >= 15 is 0 Å². The highest BCUT2D eigenvalue weighted by Crippen LogP contribution is 2.18. The van der Waals surface area contributed by atoms with Crippen molar-refractivity contribution in [3.05, 3.63) is 11.6 Å². The van der Waals surface area contributed by atoms with Crippen LogP contribution in [0.2, 0.25) is 0 Å². The van der Waals surface area contributed by atoms with Crippen LogP contribution in [0.4, 0.5) is 0 Å². The second-order valence-electron chi connectivity index (χ2n) is 2.31. The summed E-state index contributed by atoms with van der Waals surface area (Å²) in [5.41, 5.74) is 1.98. The molecule has 0 amide bonds. The molecule has 1 aliphatic carbocycles. The average Bonchev–Trinajstić information content (AvgIpc) is 2.37. The van der Waals surface area contributed by atoms with E-state index in [2.05, 4.69) is 11.2 Å². The van der Waals surface area contributed by atoms with Gasteiger partial charge in [-0.2, -0.15) is 0 Å². The Balaban J connectivity index is 2.61. The standard InChI is InChI=1S/C7H11NO/c1-6(8-9)7-4-2-3-5-7/h4,9H,2-3,5H2,1H3/b8-6+. The van der Waals surface area contributed by atoms with Crippen LogP contribution in [0.15, 0.2) is 16.8 Å². The van der Waals surface area contributed by atoms with E-state index in [-0.39, 0.29) is 0 Å². The summed E-state index contributed by atoms with van der Waals surface area (Å²) >= 11 is 0. The van der Waals surface area contributed by atoms with Crippen LogP contribution in [-0.2, 0) is 0 Å². The largest absolute Gasteiger partial charge is 0.411 e. The molecule has 0 radical (unpaired) electrons. The van der Waals surface area contributed by atoms with Crippen molar-refractivity contribution in [3.63, 3.8) is 0 Å². The maximum absolute atomic E-state index is 8.34. The SMILES string of the molecule is C/C(=N\O)C1=CCCC1. The van der Waals surface area contributed by atoms with Gasteiger partial charge in [-0.15, -0.1) is 0 Å². The fourth-order valence-corrected chi connectivity index (χ4v) is 1.06. The predicted octanol–water partition coefficient (Wildman–Crippen LogP) is 1.95. The molecule has 0 atom stereocenters. The van der Waals surface area contributed by atoms with Gasteiger partial charge in [-0.05, 0) is 31.8 Å². The molecule has 0 aromatic rings. The second-order valence-corrected chi connectivity index (χ2v) is 2.31. The zero-order chi connectivity index (χ0) is 6.69. The third-order valence-corrected chi connectivity index (χ3v) is 1.66. The second kappa shape index (κ2) is 2.67. The lowest BCUT2D eigenvalue weighted by molar-refractivity contribution is 0.319. The van der Waals surface area contributed by atoms with Crippen molar-refractivity contribution < 1.29 is 5.21 Å². The average molecular weight is 125 g/mol. The number of oxime groups is 1. The molecular weight excluding hydrogens is 114 g/mol. The highest BCUT2D eigenvalue weighted by Gasteiger charge is 2.06. The Hall–Kier alpha value is -0.790. The number of hydrogen-bond acceptors (Lipinski definition) is 2. The molecule has 0 bridgehead atoms. The van der Waals surface area contributed by atoms with Gasteiger partial charge in [0.15, 0.2) is 0 Å². The van der Waals surface area contributed by atoms with Crippen LogP contribution < -0.4 is 0 Å². The van der Waals surface area contributed by atoms with E-state index in [0.717, 1.165) is 18.6 Å². The number of allylic oxidation sites excluding steroid dienone is 2. The van der Waals surface area contributed by atoms with E-state index in [4.69, 9.17) is 5.21 Å². The van der Waals surface area contributed by atoms with Gasteiger partial charge in [-0.3, -0.25) is 0 Å². The van der Waals surface area contributed by atoms with Gasteiger partial charge < -0.3 is 5.21 Å². The zero-order valence-electron chi connectivity index (χ0n) is 5.59. The van der Waals surface area contributed by atoms with E-state index in [1.807, 2.05) is 6.92 Å². The Morgan fingerprint density at radius 2 is 2.56 bits per heavy atom. The molecule has 0 saturated carbocycles. The van der Waals surface area contributed by atoms with Gasteiger partial charge >= 0.3 is 0 Å². The molecule has 1 rings (SSSR count). The van der Waals surface area contributed by atoms with E-state index in [0.29, 0.717) is 0 Å². The molecule has 50 valence electrons. The highest BCUT2D eigenvalue weighted by atomic mass is 16.4. The Kier molecular flexibility index (Phi) is 1.88. The van der Waals surface area contributed by atoms with Gasteiger partial charge in [0.2, 0.25) is 0 Å². The Bertz CT molecular complexity index is 158. The summed E-state index contributed by atoms with van der Waals surface area (Å²) in [6.45, 7) is 1.83. The number of nitrogens with zero attached hydrogens (tertiary/aromatic N) is 1. The first-order valence-electron chi connectivity index (χ1n) is 3.22. The summed E-state index contributed by atoms with van der Waals surface area (Å²) in [4.78, 5) is 0. The molecule has 0 heterocycles. The van der Waals surface area contributed by atoms with Crippen LogP contribution >= 0.6 is 0 Å². The van der Waals surface area contributed by atoms with E-state index in [1.165, 1.54) is 12.0 Å². The van der Waals surface area contributed by atoms with Crippen molar-refractivity contribution in [2.45, 2.75) is 26.2 Å². The van der Waals surface area contributed by atoms with E-state index < -0.39 is 0 Å². The molecule has 1 aliphatic rings. The van der Waals surface area contributed by atoms with Gasteiger partial charge in [0.05, 0.1) is 5.71 Å². The minimum atomic E-state index is 0.771. The van der Waals surface area contributed by atoms with Crippen molar-refractivity contribution in [3.8, 4) is 0 Å². The summed E-state index contributed by atoms with van der Waals surface area (Å²) < 4.78 is 0. The van der Waals surface area contributed by atoms with Crippen LogP contribution in [0, 0.1) is 0 Å². The third kappa shape index (κ3) is 1.31. The molecule has 2 nitrogen and oxygen atoms in total. The lowest BCUT2D eigenvalue weighted by atomic mass is 10.1. The fraction of sp³-hybridized carbons (Fsp3) is 0.571. The smallest absolute Gasteiger partial charge is 0.0793 e. The van der Waals surface area contributed by atoms with Gasteiger partial charge in [-0.25, -0.2) is 0 Å². The number of hydrogen-bond donors (Lipinski definition) is 1. The van der Waals surface area contributed by atoms with Crippen molar-refractivity contribution in [2.75, 3.05) is 0 Å². The van der Waals surface area contributed by atoms with Crippen molar-refractivity contribution in [1.82, 2.24) is 0 Å². The Labute approximate surface area is 54.9 Å². The predicted molar refractivity (Wildman–Crippen MR) is 36.8 cm³/mol. The monoisotopic (exact) mass is 125 g/mol. The molecule has 0 aromatic heterocycles. The summed E-state index contributed by atoms with van der Waals surface area (Å²) in [5, 5.41) is 11.5. The molecule has 0 saturated heterocycles. The summed E-state index contributed by atoms with van der Waals surface area (Å²) in [6, 6.07) is 0. The van der Waals surface area contributed by atoms with Gasteiger partial charge in [0.25, 0.3) is 0 Å². The van der Waals surface area contributed by atoms with Gasteiger partial charge in [-0.1, -0.05) is 11.2 Å². The van der Waals surface area contributed by atoms with Gasteiger partial charge in [0, 0.05) is 0 Å². The maximum atomic E-state index is 8.34. The third-order valence-electron chi connectivity index (χ3n) is 1.66. The molecule has 9 heavy (non-hydrogen) atoms. The van der Waals surface area contributed by atoms with Crippen molar-refractivity contribution in [1.29, 1.82) is 0 Å². The van der Waals surface area contributed by atoms with Crippen LogP contribution in [0.3, 0.4) is 0 Å². The van der Waals surface area contributed by atoms with Crippen LogP contribution in [0.25, 0.3) is 0 Å². The lowest BCUT2D eigenvalue weighted by Crippen LogP contribution is -1.92. The minimum Gasteiger partial charge on any atom is -0.411 e. The van der Waals surface area contributed by atoms with Crippen molar-refractivity contribution >= 4 is 5.71 Å². The molecule has 0 fully saturated rings. The van der Waals surface area contributed by atoms with E-state index in [1.54, 1.807) is 0 Å². The summed E-state index contributed by atoms with van der Waals surface area (Å²) in [6.07, 6.45) is 5.56. The topological polar surface area (TPSA) is 32.6 Å². The zero-order valence-corrected chi connectivity index (χ0v) is 5.59. The van der Waals surface area contributed by atoms with Crippen LogP contribution in [0.1, 0.15) is 26.2 Å². The normalized spacial score (nSPS) is 20.1. The summed E-state index contributed by atoms with van der Waals surface area (Å²) in [7, 11) is 0. The minimum absolute atomic E-state index is 0.771. The van der Waals surface area contributed by atoms with Gasteiger partial charge in [0.1, 0.15) is 0 Å². The molecular formula is C7H11NO. The molecule has 0 aromatic carbocycles. The van der Waals surface area contributed by atoms with E-state index in [9.17, 15) is 0 Å². The molecule has 0 aliphatic heterocycles. The van der Waals surface area contributed by atoms with Crippen LogP contribution in [-0.4, -0.2) is 10.9 Å².